The van der Waals surface area contributed by atoms with Crippen molar-refractivity contribution in [3.05, 3.63) is 386 Å². The molecule has 23 rings (SSSR count). The van der Waals surface area contributed by atoms with E-state index in [1.54, 1.807) is 31.5 Å². The molecule has 3 radical (unpaired) electrons. The number of anilines is 14. The van der Waals surface area contributed by atoms with E-state index >= 15 is 0 Å². The molecule has 759 valence electrons. The van der Waals surface area contributed by atoms with Gasteiger partial charge in [-0.25, -0.2) is 32.0 Å². The molecule has 0 atom stereocenters. The first-order valence-electron chi connectivity index (χ1n) is 50.0. The molecule has 6 aliphatic rings. The summed E-state index contributed by atoms with van der Waals surface area (Å²) >= 11 is 0. The minimum Gasteiger partial charge on any atom is -0.619 e. The van der Waals surface area contributed by atoms with Crippen molar-refractivity contribution in [2.24, 2.45) is 0 Å². The van der Waals surface area contributed by atoms with Crippen LogP contribution in [0.2, 0.25) is 0 Å². The summed E-state index contributed by atoms with van der Waals surface area (Å²) < 4.78 is 47.5. The number of pyridine rings is 3. The summed E-state index contributed by atoms with van der Waals surface area (Å²) in [6.45, 7) is 47.1. The number of rotatable bonds is 13. The van der Waals surface area contributed by atoms with E-state index in [0.29, 0.717) is 17.1 Å². The molecule has 28 nitrogen and oxygen atoms in total. The minimum absolute atomic E-state index is 0. The molecule has 17 aromatic rings. The van der Waals surface area contributed by atoms with E-state index in [9.17, 15) is 0 Å². The minimum atomic E-state index is -2.30. The number of nitrogens with zero attached hydrogens (tertiary/aromatic N) is 28. The van der Waals surface area contributed by atoms with Crippen LogP contribution in [0.5, 0.6) is 0 Å². The molecule has 0 saturated heterocycles. The Bertz CT molecular complexity index is 7730. The number of hydrogen-bond donors (Lipinski definition) is 0. The molecule has 0 fully saturated rings. The predicted octanol–water partition coefficient (Wildman–Crippen LogP) is 23.2. The largest absolute Gasteiger partial charge is 0.619 e. The standard InChI is InChI=1S/C27H25N4.2C21H23N5.C19H17N4.C15H12N5.C13H13N5.3Ir/c1-17-10-18(2)27(19(3)11-17)22-13-21(24-12-20(4)28-29-24)14-23(15-22)31-16-30(5)25-8-6-7-9-26(25)31;2*1-14-10-17(24-23-14)16-11-15(21(2,3)4)12-20(22-16)26-13-25(5)18-8-6-7-9-19(18)26;1-13-8-15(17-10-14(2)20-21-17)11-16(9-13)23-12-22(3)18-6-4-5-7-19(18)23;1-11-6-15(18-17-11)12-7-13(16-2)9-14(8-12)20-5-4-19(3)10-20;1-10-8-12(16-15-10)11-4-3-5-13(14-11)18-7-6-17(2)9-18;;;/h6-13,15-16H,1-5H3;2*6-13H,1-5H3;4-10,12H,1-3H3;4-7,9-10H,1,3H3;3-9H,1-2H3;;;/q-3;2*-2;2*-3;-2;;;/i5D3;;;3D3;;;;;. The van der Waals surface area contributed by atoms with Gasteiger partial charge in [0.1, 0.15) is 23.1 Å². The van der Waals surface area contributed by atoms with Gasteiger partial charge in [-0.15, -0.1) is 80.2 Å². The Hall–Kier alpha value is -15.0. The van der Waals surface area contributed by atoms with Gasteiger partial charge in [-0.3, -0.25) is 4.85 Å². The predicted molar refractivity (Wildman–Crippen MR) is 577 cm³/mol. The van der Waals surface area contributed by atoms with Gasteiger partial charge in [0, 0.05) is 148 Å². The third kappa shape index (κ3) is 24.1. The number of hydrogen-bond acceptors (Lipinski definition) is 21. The molecule has 6 aliphatic heterocycles. The summed E-state index contributed by atoms with van der Waals surface area (Å²) in [7, 11) is 8.04. The number of benzene rings is 8. The van der Waals surface area contributed by atoms with Gasteiger partial charge in [-0.2, -0.15) is 36.7 Å². The van der Waals surface area contributed by atoms with Gasteiger partial charge in [0.2, 0.25) is 0 Å². The van der Waals surface area contributed by atoms with Gasteiger partial charge in [0.25, 0.3) is 0 Å². The molecule has 0 N–H and O–H groups in total. The number of fused-ring (bicyclic) bond motifs is 4. The molecule has 0 bridgehead atoms. The Morgan fingerprint density at radius 3 is 1.05 bits per heavy atom. The van der Waals surface area contributed by atoms with E-state index in [-0.39, 0.29) is 71.1 Å². The van der Waals surface area contributed by atoms with Crippen LogP contribution >= 0.6 is 0 Å². The molecular formula is C116H113Ir3N28-15. The monoisotopic (exact) mass is 2480 g/mol. The summed E-state index contributed by atoms with van der Waals surface area (Å²) in [5.41, 5.74) is 34.5. The molecule has 0 saturated carbocycles. The second kappa shape index (κ2) is 44.9. The Kier molecular flexibility index (Phi) is 30.0. The normalized spacial score (nSPS) is 14.3. The summed E-state index contributed by atoms with van der Waals surface area (Å²) in [5, 5.41) is 49.8. The van der Waals surface area contributed by atoms with Crippen LogP contribution in [0.25, 0.3) is 83.9 Å². The Morgan fingerprint density at radius 1 is 0.320 bits per heavy atom. The Morgan fingerprint density at radius 2 is 0.667 bits per heavy atom. The molecule has 15 heterocycles. The van der Waals surface area contributed by atoms with Crippen molar-refractivity contribution in [2.75, 3.05) is 91.1 Å². The summed E-state index contributed by atoms with van der Waals surface area (Å²) in [6.07, 6.45) is 7.80. The van der Waals surface area contributed by atoms with E-state index in [4.69, 9.17) is 24.8 Å². The first-order chi connectivity index (χ1) is 71.5. The Labute approximate surface area is 911 Å². The van der Waals surface area contributed by atoms with Crippen molar-refractivity contribution in [2.45, 2.75) is 122 Å². The van der Waals surface area contributed by atoms with E-state index in [0.717, 1.165) is 176 Å². The number of para-hydroxylation sites is 8. The van der Waals surface area contributed by atoms with E-state index in [2.05, 4.69) is 296 Å². The van der Waals surface area contributed by atoms with Gasteiger partial charge in [0.15, 0.2) is 0 Å². The topological polar surface area (TPSA) is 244 Å². The molecule has 0 spiro atoms. The summed E-state index contributed by atoms with van der Waals surface area (Å²) in [6, 6.07) is 83.9. The SMILES string of the molecule is Cc1cc(-c2cc(C(C)(C)C)cc(N3[CH-]N(C)c4ccccc43)n2)[n-]n1.Cc1cc(-c2cc(C(C)(C)C)cc(N3[CH-]N(C)c4ccccc43)n2)[n-]n1.Cc1cc(-c2cccc(N3C=CN(C)[CH-]3)n2)[n-]n1.[2H]C([2H])([2H])N1[CH-]N(c2[c-]c(-c3cc(C)n[n-]3)cc(-c3c(C)cc(C)cc3C)c2)c2ccccc21.[2H]C([2H])([2H])N1[CH-]N(c2[c-]c(-c3cc(C)n[n-]3)cc(C)c2)c2ccccc21.[C-]#[N+]c1cc(-c2cc(C)n[n-]2)[c-]c(N2C=CN(C)[CH-]2)c1.[Ir].[Ir].[Ir]. The molecule has 9 aromatic heterocycles. The van der Waals surface area contributed by atoms with Crippen LogP contribution in [0.15, 0.2) is 249 Å². The fourth-order valence-electron chi connectivity index (χ4n) is 17.3. The van der Waals surface area contributed by atoms with Gasteiger partial charge in [-0.05, 0) is 253 Å². The maximum Gasteiger partial charge on any atom is 0.110 e. The quantitative estimate of drug-likeness (QED) is 0.0974. The van der Waals surface area contributed by atoms with Crippen molar-refractivity contribution in [1.29, 1.82) is 0 Å². The molecule has 8 aromatic carbocycles. The molecule has 147 heavy (non-hydrogen) atoms. The zero-order valence-electron chi connectivity index (χ0n) is 91.2. The van der Waals surface area contributed by atoms with Crippen LogP contribution in [0.4, 0.5) is 85.7 Å². The van der Waals surface area contributed by atoms with Crippen LogP contribution in [-0.4, -0.2) is 97.5 Å². The molecule has 31 heteroatoms. The van der Waals surface area contributed by atoms with Gasteiger partial charge in [0.05, 0.1) is 23.7 Å². The molecular weight excluding hydrogens is 2360 g/mol. The summed E-state index contributed by atoms with van der Waals surface area (Å²) in [5.74, 6) is 2.66. The third-order valence-electron chi connectivity index (χ3n) is 24.4. The second-order valence-electron chi connectivity index (χ2n) is 38.3. The average molecular weight is 2480 g/mol. The van der Waals surface area contributed by atoms with Gasteiger partial charge >= 0.3 is 0 Å². The van der Waals surface area contributed by atoms with E-state index < -0.39 is 14.0 Å². The fourth-order valence-corrected chi connectivity index (χ4v) is 17.3. The van der Waals surface area contributed by atoms with E-state index in [1.165, 1.54) is 49.0 Å². The van der Waals surface area contributed by atoms with Crippen molar-refractivity contribution in [1.82, 2.24) is 85.9 Å². The molecule has 0 unspecified atom stereocenters. The van der Waals surface area contributed by atoms with Crippen molar-refractivity contribution < 1.29 is 68.5 Å². The first-order valence-corrected chi connectivity index (χ1v) is 47.0. The molecule has 0 aliphatic carbocycles. The van der Waals surface area contributed by atoms with Crippen LogP contribution in [0, 0.1) is 134 Å². The number of aromatic nitrogens is 15. The summed E-state index contributed by atoms with van der Waals surface area (Å²) in [4.78, 5) is 40.6. The zero-order chi connectivity index (χ0) is 106. The van der Waals surface area contributed by atoms with Crippen molar-refractivity contribution >= 4 is 85.7 Å². The third-order valence-corrected chi connectivity index (χ3v) is 24.4. The van der Waals surface area contributed by atoms with Crippen LogP contribution in [-0.2, 0) is 71.1 Å². The first kappa shape index (κ1) is 98.0. The number of aryl methyl sites for hydroxylation is 10. The fraction of sp³-hybridized carbons (Fsp3) is 0.207. The smallest absolute Gasteiger partial charge is 0.110 e. The zero-order valence-corrected chi connectivity index (χ0v) is 92.3. The van der Waals surface area contributed by atoms with Crippen LogP contribution < -0.4 is 79.6 Å². The average Bonchev–Trinajstić information content (AvgIpc) is 1.17. The van der Waals surface area contributed by atoms with E-state index in [1.807, 2.05) is 239 Å². The Balaban J connectivity index is 0.000000138. The van der Waals surface area contributed by atoms with Crippen molar-refractivity contribution in [3.63, 3.8) is 0 Å². The van der Waals surface area contributed by atoms with Crippen LogP contribution in [0.3, 0.4) is 0 Å². The maximum absolute atomic E-state index is 8.02. The van der Waals surface area contributed by atoms with Gasteiger partial charge < -0.3 is 120 Å². The second-order valence-corrected chi connectivity index (χ2v) is 38.3. The van der Waals surface area contributed by atoms with Crippen LogP contribution in [0.1, 0.15) is 117 Å². The molecule has 0 amide bonds. The van der Waals surface area contributed by atoms with Gasteiger partial charge in [-0.1, -0.05) is 197 Å². The van der Waals surface area contributed by atoms with Crippen molar-refractivity contribution in [3.8, 4) is 79.1 Å². The maximum atomic E-state index is 8.02.